The number of hydrogen-bond acceptors (Lipinski definition) is 4. The van der Waals surface area contributed by atoms with Crippen LogP contribution in [0.3, 0.4) is 0 Å². The Morgan fingerprint density at radius 2 is 1.60 bits per heavy atom. The van der Waals surface area contributed by atoms with Gasteiger partial charge in [0.05, 0.1) is 16.6 Å². The summed E-state index contributed by atoms with van der Waals surface area (Å²) < 4.78 is 17.2. The van der Waals surface area contributed by atoms with E-state index >= 15 is 0 Å². The van der Waals surface area contributed by atoms with Crippen LogP contribution in [-0.2, 0) is 25.4 Å². The zero-order chi connectivity index (χ0) is 18.9. The average Bonchev–Trinajstić information content (AvgIpc) is 2.70. The number of esters is 1. The molecule has 2 rings (SSSR count). The van der Waals surface area contributed by atoms with Gasteiger partial charge in [-0.25, -0.2) is 0 Å². The van der Waals surface area contributed by atoms with E-state index in [0.29, 0.717) is 0 Å². The molecule has 0 aromatic heterocycles. The van der Waals surface area contributed by atoms with Crippen LogP contribution in [0.4, 0.5) is 0 Å². The molecular formula is C20H29BO4. The third-order valence-electron chi connectivity index (χ3n) is 4.68. The van der Waals surface area contributed by atoms with E-state index in [1.165, 1.54) is 0 Å². The molecule has 0 radical (unpaired) electrons. The van der Waals surface area contributed by atoms with Crippen LogP contribution in [0.1, 0.15) is 59.6 Å². The Labute approximate surface area is 151 Å². The summed E-state index contributed by atoms with van der Waals surface area (Å²) in [7, 11) is -0.350. The van der Waals surface area contributed by atoms with Crippen LogP contribution in [0.25, 0.3) is 6.08 Å². The van der Waals surface area contributed by atoms with Crippen molar-refractivity contribution in [3.8, 4) is 0 Å². The molecule has 0 spiro atoms. The molecule has 1 saturated heterocycles. The summed E-state index contributed by atoms with van der Waals surface area (Å²) in [6, 6.07) is 7.89. The Kier molecular flexibility index (Phi) is 5.50. The van der Waals surface area contributed by atoms with Gasteiger partial charge in [0, 0.05) is 0 Å². The molecule has 0 saturated carbocycles. The molecule has 0 N–H and O–H groups in total. The zero-order valence-electron chi connectivity index (χ0n) is 16.4. The molecule has 0 aliphatic carbocycles. The lowest BCUT2D eigenvalue weighted by Gasteiger charge is -2.32. The molecule has 1 fully saturated rings. The van der Waals surface area contributed by atoms with Gasteiger partial charge in [-0.1, -0.05) is 36.3 Å². The standard InChI is InChI=1S/C20H29BO4/c1-18(2,3)17(22)23-14-16-10-8-15(9-11-16)12-13-21-24-19(4,5)20(6,7)25-21/h8-13H,14H2,1-7H3. The molecule has 1 aliphatic heterocycles. The Bertz CT molecular complexity index is 623. The Morgan fingerprint density at radius 3 is 2.08 bits per heavy atom. The molecule has 1 aliphatic rings. The fourth-order valence-electron chi connectivity index (χ4n) is 2.25. The summed E-state index contributed by atoms with van der Waals surface area (Å²) in [4.78, 5) is 11.8. The molecule has 25 heavy (non-hydrogen) atoms. The number of ether oxygens (including phenoxy) is 1. The molecule has 4 nitrogen and oxygen atoms in total. The predicted molar refractivity (Wildman–Crippen MR) is 101 cm³/mol. The lowest BCUT2D eigenvalue weighted by Crippen LogP contribution is -2.41. The summed E-state index contributed by atoms with van der Waals surface area (Å²) in [6.45, 7) is 14.0. The first kappa shape index (κ1) is 19.7. The molecule has 0 amide bonds. The van der Waals surface area contributed by atoms with Crippen LogP contribution in [0, 0.1) is 5.41 Å². The highest BCUT2D eigenvalue weighted by Gasteiger charge is 2.49. The molecule has 0 unspecified atom stereocenters. The van der Waals surface area contributed by atoms with Gasteiger partial charge in [0.15, 0.2) is 0 Å². The SMILES string of the molecule is CC(C)(C)C(=O)OCc1ccc(C=CB2OC(C)(C)C(C)(C)O2)cc1. The van der Waals surface area contributed by atoms with Crippen molar-refractivity contribution in [3.63, 3.8) is 0 Å². The van der Waals surface area contributed by atoms with Crippen LogP contribution in [0.5, 0.6) is 0 Å². The van der Waals surface area contributed by atoms with Crippen molar-refractivity contribution in [3.05, 3.63) is 41.4 Å². The minimum atomic E-state index is -0.481. The van der Waals surface area contributed by atoms with E-state index < -0.39 is 5.41 Å². The second-order valence-corrected chi connectivity index (χ2v) is 8.55. The largest absolute Gasteiger partial charge is 0.487 e. The fraction of sp³-hybridized carbons (Fsp3) is 0.550. The lowest BCUT2D eigenvalue weighted by molar-refractivity contribution is -0.154. The molecule has 5 heteroatoms. The fourth-order valence-corrected chi connectivity index (χ4v) is 2.25. The normalized spacial score (nSPS) is 19.4. The highest BCUT2D eigenvalue weighted by atomic mass is 16.7. The summed E-state index contributed by atoms with van der Waals surface area (Å²) in [5.41, 5.74) is 0.864. The van der Waals surface area contributed by atoms with E-state index in [2.05, 4.69) is 0 Å². The second-order valence-electron chi connectivity index (χ2n) is 8.55. The lowest BCUT2D eigenvalue weighted by atomic mass is 9.89. The Balaban J connectivity index is 1.92. The van der Waals surface area contributed by atoms with Crippen LogP contribution < -0.4 is 0 Å². The van der Waals surface area contributed by atoms with E-state index in [1.54, 1.807) is 0 Å². The van der Waals surface area contributed by atoms with Crippen molar-refractivity contribution >= 4 is 19.2 Å². The van der Waals surface area contributed by atoms with Crippen LogP contribution in [0.2, 0.25) is 0 Å². The molecular weight excluding hydrogens is 315 g/mol. The number of carbonyl (C=O) groups excluding carboxylic acids is 1. The van der Waals surface area contributed by atoms with Gasteiger partial charge in [0.2, 0.25) is 0 Å². The van der Waals surface area contributed by atoms with Gasteiger partial charge in [-0.2, -0.15) is 0 Å². The van der Waals surface area contributed by atoms with Gasteiger partial charge in [-0.3, -0.25) is 4.79 Å². The molecule has 136 valence electrons. The van der Waals surface area contributed by atoms with E-state index in [1.807, 2.05) is 84.8 Å². The van der Waals surface area contributed by atoms with Crippen LogP contribution in [-0.4, -0.2) is 24.3 Å². The van der Waals surface area contributed by atoms with E-state index in [0.717, 1.165) is 11.1 Å². The number of carbonyl (C=O) groups is 1. The van der Waals surface area contributed by atoms with Crippen molar-refractivity contribution in [1.82, 2.24) is 0 Å². The average molecular weight is 344 g/mol. The van der Waals surface area contributed by atoms with Crippen molar-refractivity contribution < 1.29 is 18.8 Å². The summed E-state index contributed by atoms with van der Waals surface area (Å²) >= 11 is 0. The number of rotatable bonds is 4. The minimum absolute atomic E-state index is 0.197. The smallest absolute Gasteiger partial charge is 0.460 e. The monoisotopic (exact) mass is 344 g/mol. The number of benzene rings is 1. The van der Waals surface area contributed by atoms with Crippen LogP contribution in [0.15, 0.2) is 30.2 Å². The molecule has 0 atom stereocenters. The quantitative estimate of drug-likeness (QED) is 0.599. The summed E-state index contributed by atoms with van der Waals surface area (Å²) in [5, 5.41) is 0. The molecule has 1 aromatic rings. The Hall–Kier alpha value is -1.59. The summed E-state index contributed by atoms with van der Waals surface area (Å²) in [5.74, 6) is 1.72. The molecule has 1 heterocycles. The maximum atomic E-state index is 11.8. The van der Waals surface area contributed by atoms with Crippen molar-refractivity contribution in [2.75, 3.05) is 0 Å². The first-order chi connectivity index (χ1) is 11.4. The van der Waals surface area contributed by atoms with Gasteiger partial charge in [0.25, 0.3) is 0 Å². The van der Waals surface area contributed by atoms with E-state index in [4.69, 9.17) is 14.0 Å². The molecule has 0 bridgehead atoms. The number of hydrogen-bond donors (Lipinski definition) is 0. The van der Waals surface area contributed by atoms with Crippen LogP contribution >= 0.6 is 0 Å². The third-order valence-corrected chi connectivity index (χ3v) is 4.68. The van der Waals surface area contributed by atoms with E-state index in [-0.39, 0.29) is 30.9 Å². The van der Waals surface area contributed by atoms with Gasteiger partial charge >= 0.3 is 13.1 Å². The second kappa shape index (κ2) is 6.97. The van der Waals surface area contributed by atoms with Crippen molar-refractivity contribution in [2.24, 2.45) is 5.41 Å². The maximum absolute atomic E-state index is 11.8. The Morgan fingerprint density at radius 1 is 1.08 bits per heavy atom. The highest BCUT2D eigenvalue weighted by molar-refractivity contribution is 6.52. The van der Waals surface area contributed by atoms with Crippen molar-refractivity contribution in [2.45, 2.75) is 66.3 Å². The maximum Gasteiger partial charge on any atom is 0.487 e. The minimum Gasteiger partial charge on any atom is -0.460 e. The van der Waals surface area contributed by atoms with Gasteiger partial charge in [-0.05, 0) is 59.6 Å². The van der Waals surface area contributed by atoms with Crippen molar-refractivity contribution in [1.29, 1.82) is 0 Å². The predicted octanol–water partition coefficient (Wildman–Crippen LogP) is 4.42. The van der Waals surface area contributed by atoms with E-state index in [9.17, 15) is 4.79 Å². The first-order valence-electron chi connectivity index (χ1n) is 8.71. The zero-order valence-corrected chi connectivity index (χ0v) is 16.4. The van der Waals surface area contributed by atoms with Gasteiger partial charge in [-0.15, -0.1) is 0 Å². The molecule has 1 aromatic carbocycles. The summed E-state index contributed by atoms with van der Waals surface area (Å²) in [6.07, 6.45) is 1.98. The van der Waals surface area contributed by atoms with Gasteiger partial charge in [0.1, 0.15) is 6.61 Å². The third kappa shape index (κ3) is 4.96. The first-order valence-corrected chi connectivity index (χ1v) is 8.71. The van der Waals surface area contributed by atoms with Gasteiger partial charge < -0.3 is 14.0 Å². The topological polar surface area (TPSA) is 44.8 Å². The highest BCUT2D eigenvalue weighted by Crippen LogP contribution is 2.37.